The first-order valence-electron chi connectivity index (χ1n) is 7.65. The molecule has 130 valence electrons. The number of benzene rings is 1. The van der Waals surface area contributed by atoms with E-state index >= 15 is 0 Å². The van der Waals surface area contributed by atoms with Crippen molar-refractivity contribution in [2.75, 3.05) is 30.7 Å². The lowest BCUT2D eigenvalue weighted by Crippen LogP contribution is -2.33. The molecule has 0 saturated carbocycles. The monoisotopic (exact) mass is 327 g/mol. The first kappa shape index (κ1) is 18.9. The predicted octanol–water partition coefficient (Wildman–Crippen LogP) is 3.13. The van der Waals surface area contributed by atoms with E-state index in [1.54, 1.807) is 27.7 Å². The van der Waals surface area contributed by atoms with E-state index in [0.29, 0.717) is 37.5 Å². The number of amides is 1. The third-order valence-electron chi connectivity index (χ3n) is 2.74. The zero-order valence-corrected chi connectivity index (χ0v) is 14.2. The summed E-state index contributed by atoms with van der Waals surface area (Å²) in [6, 6.07) is 2.77. The van der Waals surface area contributed by atoms with Crippen molar-refractivity contribution in [2.24, 2.45) is 0 Å². The smallest absolute Gasteiger partial charge is 0.407 e. The second kappa shape index (κ2) is 8.45. The number of hydrogen-bond donors (Lipinski definition) is 3. The van der Waals surface area contributed by atoms with Crippen molar-refractivity contribution >= 4 is 17.5 Å². The van der Waals surface area contributed by atoms with Gasteiger partial charge in [-0.3, -0.25) is 0 Å². The van der Waals surface area contributed by atoms with Gasteiger partial charge >= 0.3 is 6.09 Å². The van der Waals surface area contributed by atoms with Crippen molar-refractivity contribution in [2.45, 2.75) is 39.7 Å². The third kappa shape index (κ3) is 7.08. The van der Waals surface area contributed by atoms with Gasteiger partial charge in [-0.2, -0.15) is 0 Å². The van der Waals surface area contributed by atoms with Gasteiger partial charge < -0.3 is 25.8 Å². The van der Waals surface area contributed by atoms with Gasteiger partial charge in [0.15, 0.2) is 11.6 Å². The fourth-order valence-electron chi connectivity index (χ4n) is 1.80. The van der Waals surface area contributed by atoms with Crippen LogP contribution in [0.5, 0.6) is 5.75 Å². The SMILES string of the molecule is CCOc1cc(NCCCNC(=O)OC(C)(C)C)c(N)cc1F. The summed E-state index contributed by atoms with van der Waals surface area (Å²) in [4.78, 5) is 11.5. The molecule has 0 unspecified atom stereocenters. The van der Waals surface area contributed by atoms with Crippen LogP contribution in [0.3, 0.4) is 0 Å². The summed E-state index contributed by atoms with van der Waals surface area (Å²) in [6.45, 7) is 8.61. The zero-order valence-electron chi connectivity index (χ0n) is 14.2. The molecule has 0 radical (unpaired) electrons. The van der Waals surface area contributed by atoms with Crippen LogP contribution in [0, 0.1) is 5.82 Å². The van der Waals surface area contributed by atoms with E-state index in [4.69, 9.17) is 15.2 Å². The maximum atomic E-state index is 13.6. The van der Waals surface area contributed by atoms with E-state index in [1.807, 2.05) is 0 Å². The molecule has 0 aliphatic rings. The molecule has 0 aromatic heterocycles. The van der Waals surface area contributed by atoms with E-state index < -0.39 is 17.5 Å². The van der Waals surface area contributed by atoms with Gasteiger partial charge in [-0.05, 0) is 34.1 Å². The highest BCUT2D eigenvalue weighted by Crippen LogP contribution is 2.28. The molecule has 1 aromatic carbocycles. The summed E-state index contributed by atoms with van der Waals surface area (Å²) in [5, 5.41) is 5.76. The number of rotatable bonds is 7. The Kier molecular flexibility index (Phi) is 6.93. The fraction of sp³-hybridized carbons (Fsp3) is 0.562. The summed E-state index contributed by atoms with van der Waals surface area (Å²) in [7, 11) is 0. The van der Waals surface area contributed by atoms with Gasteiger partial charge in [0.1, 0.15) is 5.60 Å². The van der Waals surface area contributed by atoms with Crippen molar-refractivity contribution in [1.29, 1.82) is 0 Å². The highest BCUT2D eigenvalue weighted by molar-refractivity contribution is 5.69. The van der Waals surface area contributed by atoms with Crippen molar-refractivity contribution in [3.63, 3.8) is 0 Å². The molecule has 0 bridgehead atoms. The summed E-state index contributed by atoms with van der Waals surface area (Å²) in [5.74, 6) is -0.322. The molecular weight excluding hydrogens is 301 g/mol. The minimum atomic E-state index is -0.513. The number of anilines is 2. The van der Waals surface area contributed by atoms with E-state index in [2.05, 4.69) is 10.6 Å². The Labute approximate surface area is 136 Å². The standard InChI is InChI=1S/C16H26FN3O3/c1-5-22-14-10-13(12(18)9-11(14)17)19-7-6-8-20-15(21)23-16(2,3)4/h9-10,19H,5-8,18H2,1-4H3,(H,20,21). The maximum absolute atomic E-state index is 13.6. The average Bonchev–Trinajstić information content (AvgIpc) is 2.41. The number of nitrogen functional groups attached to an aromatic ring is 1. The van der Waals surface area contributed by atoms with Crippen LogP contribution in [-0.2, 0) is 4.74 Å². The van der Waals surface area contributed by atoms with Crippen molar-refractivity contribution in [1.82, 2.24) is 5.32 Å². The Hall–Kier alpha value is -2.18. The molecule has 0 fully saturated rings. The Morgan fingerprint density at radius 3 is 2.61 bits per heavy atom. The van der Waals surface area contributed by atoms with Crippen molar-refractivity contribution in [3.8, 4) is 5.75 Å². The fourth-order valence-corrected chi connectivity index (χ4v) is 1.80. The van der Waals surface area contributed by atoms with Crippen LogP contribution in [0.15, 0.2) is 12.1 Å². The van der Waals surface area contributed by atoms with Gasteiger partial charge in [0.05, 0.1) is 18.0 Å². The summed E-state index contributed by atoms with van der Waals surface area (Å²) in [5.41, 5.74) is 6.17. The number of hydrogen-bond acceptors (Lipinski definition) is 5. The molecule has 1 rings (SSSR count). The van der Waals surface area contributed by atoms with Crippen LogP contribution in [0.1, 0.15) is 34.1 Å². The lowest BCUT2D eigenvalue weighted by molar-refractivity contribution is 0.0528. The molecule has 1 amide bonds. The van der Waals surface area contributed by atoms with Gasteiger partial charge in [0.2, 0.25) is 0 Å². The molecule has 23 heavy (non-hydrogen) atoms. The highest BCUT2D eigenvalue weighted by atomic mass is 19.1. The molecule has 1 aromatic rings. The number of halogens is 1. The highest BCUT2D eigenvalue weighted by Gasteiger charge is 2.15. The van der Waals surface area contributed by atoms with Gasteiger partial charge in [-0.25, -0.2) is 9.18 Å². The average molecular weight is 327 g/mol. The van der Waals surface area contributed by atoms with Gasteiger partial charge in [0, 0.05) is 25.2 Å². The number of nitrogens with two attached hydrogens (primary N) is 1. The Morgan fingerprint density at radius 2 is 2.00 bits per heavy atom. The third-order valence-corrected chi connectivity index (χ3v) is 2.74. The van der Waals surface area contributed by atoms with E-state index in [1.165, 1.54) is 12.1 Å². The Bertz CT molecular complexity index is 530. The molecule has 0 saturated heterocycles. The molecule has 0 heterocycles. The molecule has 0 spiro atoms. The van der Waals surface area contributed by atoms with Crippen molar-refractivity contribution in [3.05, 3.63) is 17.9 Å². The topological polar surface area (TPSA) is 85.6 Å². The second-order valence-corrected chi connectivity index (χ2v) is 6.01. The van der Waals surface area contributed by atoms with Gasteiger partial charge in [-0.15, -0.1) is 0 Å². The van der Waals surface area contributed by atoms with Gasteiger partial charge in [0.25, 0.3) is 0 Å². The van der Waals surface area contributed by atoms with E-state index in [-0.39, 0.29) is 5.75 Å². The van der Waals surface area contributed by atoms with Crippen LogP contribution < -0.4 is 21.1 Å². The first-order chi connectivity index (χ1) is 10.7. The Morgan fingerprint density at radius 1 is 1.30 bits per heavy atom. The molecule has 6 nitrogen and oxygen atoms in total. The summed E-state index contributed by atoms with van der Waals surface area (Å²) >= 11 is 0. The molecular formula is C16H26FN3O3. The lowest BCUT2D eigenvalue weighted by Gasteiger charge is -2.19. The van der Waals surface area contributed by atoms with Gasteiger partial charge in [-0.1, -0.05) is 0 Å². The van der Waals surface area contributed by atoms with E-state index in [0.717, 1.165) is 0 Å². The predicted molar refractivity (Wildman–Crippen MR) is 89.3 cm³/mol. The van der Waals surface area contributed by atoms with Crippen LogP contribution in [0.2, 0.25) is 0 Å². The number of alkyl carbamates (subject to hydrolysis) is 1. The number of ether oxygens (including phenoxy) is 2. The van der Waals surface area contributed by atoms with Crippen LogP contribution in [0.4, 0.5) is 20.6 Å². The minimum absolute atomic E-state index is 0.163. The molecule has 0 atom stereocenters. The number of nitrogens with one attached hydrogen (secondary N) is 2. The van der Waals surface area contributed by atoms with Crippen LogP contribution in [-0.4, -0.2) is 31.4 Å². The number of carbonyl (C=O) groups is 1. The largest absolute Gasteiger partial charge is 0.491 e. The quantitative estimate of drug-likeness (QED) is 0.529. The lowest BCUT2D eigenvalue weighted by atomic mass is 10.2. The second-order valence-electron chi connectivity index (χ2n) is 6.01. The molecule has 7 heteroatoms. The molecule has 0 aliphatic carbocycles. The van der Waals surface area contributed by atoms with Crippen LogP contribution in [0.25, 0.3) is 0 Å². The minimum Gasteiger partial charge on any atom is -0.491 e. The Balaban J connectivity index is 2.39. The number of carbonyl (C=O) groups excluding carboxylic acids is 1. The van der Waals surface area contributed by atoms with Crippen molar-refractivity contribution < 1.29 is 18.7 Å². The zero-order chi connectivity index (χ0) is 17.5. The first-order valence-corrected chi connectivity index (χ1v) is 7.65. The molecule has 0 aliphatic heterocycles. The van der Waals surface area contributed by atoms with E-state index in [9.17, 15) is 9.18 Å². The molecule has 4 N–H and O–H groups in total. The normalized spacial score (nSPS) is 11.0. The summed E-state index contributed by atoms with van der Waals surface area (Å²) < 4.78 is 23.9. The van der Waals surface area contributed by atoms with Crippen LogP contribution >= 0.6 is 0 Å². The summed E-state index contributed by atoms with van der Waals surface area (Å²) in [6.07, 6.45) is 0.220. The maximum Gasteiger partial charge on any atom is 0.407 e.